The SMILES string of the molecule is Cc1c(Cl)cccc1NS(=O)(=O)CC1CCNCC1. The van der Waals surface area contributed by atoms with Crippen molar-refractivity contribution in [2.45, 2.75) is 19.8 Å². The van der Waals surface area contributed by atoms with Crippen LogP contribution in [0.5, 0.6) is 0 Å². The number of sulfonamides is 1. The van der Waals surface area contributed by atoms with Gasteiger partial charge in [0.25, 0.3) is 0 Å². The molecule has 1 aromatic rings. The van der Waals surface area contributed by atoms with Crippen molar-refractivity contribution in [3.63, 3.8) is 0 Å². The van der Waals surface area contributed by atoms with Gasteiger partial charge in [-0.1, -0.05) is 17.7 Å². The Labute approximate surface area is 119 Å². The molecule has 1 saturated heterocycles. The summed E-state index contributed by atoms with van der Waals surface area (Å²) in [5.41, 5.74) is 1.33. The van der Waals surface area contributed by atoms with Crippen LogP contribution in [0.4, 0.5) is 5.69 Å². The minimum absolute atomic E-state index is 0.181. The highest BCUT2D eigenvalue weighted by atomic mass is 35.5. The van der Waals surface area contributed by atoms with Crippen LogP contribution in [-0.2, 0) is 10.0 Å². The molecular formula is C13H19ClN2O2S. The van der Waals surface area contributed by atoms with Crippen LogP contribution in [-0.4, -0.2) is 27.3 Å². The first-order valence-electron chi connectivity index (χ1n) is 6.44. The number of hydrogen-bond acceptors (Lipinski definition) is 3. The Balaban J connectivity index is 2.06. The molecule has 0 spiro atoms. The number of nitrogens with one attached hydrogen (secondary N) is 2. The van der Waals surface area contributed by atoms with E-state index >= 15 is 0 Å². The molecule has 0 unspecified atom stereocenters. The van der Waals surface area contributed by atoms with Crippen LogP contribution >= 0.6 is 11.6 Å². The van der Waals surface area contributed by atoms with Crippen LogP contribution in [0, 0.1) is 12.8 Å². The van der Waals surface area contributed by atoms with E-state index in [1.165, 1.54) is 0 Å². The molecule has 0 atom stereocenters. The Hall–Kier alpha value is -0.780. The molecule has 1 heterocycles. The van der Waals surface area contributed by atoms with Gasteiger partial charge >= 0.3 is 0 Å². The molecule has 0 aromatic heterocycles. The highest BCUT2D eigenvalue weighted by molar-refractivity contribution is 7.92. The van der Waals surface area contributed by atoms with Gasteiger partial charge in [0.2, 0.25) is 10.0 Å². The van der Waals surface area contributed by atoms with Crippen LogP contribution in [0.2, 0.25) is 5.02 Å². The summed E-state index contributed by atoms with van der Waals surface area (Å²) >= 11 is 5.99. The van der Waals surface area contributed by atoms with Crippen LogP contribution in [0.25, 0.3) is 0 Å². The van der Waals surface area contributed by atoms with Gasteiger partial charge in [0.15, 0.2) is 0 Å². The van der Waals surface area contributed by atoms with E-state index in [1.54, 1.807) is 18.2 Å². The number of anilines is 1. The highest BCUT2D eigenvalue weighted by Gasteiger charge is 2.21. The van der Waals surface area contributed by atoms with Gasteiger partial charge in [0.05, 0.1) is 11.4 Å². The summed E-state index contributed by atoms with van der Waals surface area (Å²) in [6.07, 6.45) is 1.82. The number of hydrogen-bond donors (Lipinski definition) is 2. The van der Waals surface area contributed by atoms with E-state index in [9.17, 15) is 8.42 Å². The van der Waals surface area contributed by atoms with Gasteiger partial charge in [-0.15, -0.1) is 0 Å². The summed E-state index contributed by atoms with van der Waals surface area (Å²) in [6, 6.07) is 5.24. The van der Waals surface area contributed by atoms with E-state index in [1.807, 2.05) is 6.92 Å². The van der Waals surface area contributed by atoms with Crippen LogP contribution in [0.1, 0.15) is 18.4 Å². The van der Waals surface area contributed by atoms with Crippen LogP contribution in [0.15, 0.2) is 18.2 Å². The molecule has 6 heteroatoms. The molecule has 0 saturated carbocycles. The average Bonchev–Trinajstić information content (AvgIpc) is 2.35. The molecule has 0 aliphatic carbocycles. The number of benzene rings is 1. The van der Waals surface area contributed by atoms with Gasteiger partial charge in [-0.2, -0.15) is 0 Å². The van der Waals surface area contributed by atoms with Gasteiger partial charge < -0.3 is 5.32 Å². The van der Waals surface area contributed by atoms with Gasteiger partial charge in [-0.05, 0) is 56.5 Å². The maximum absolute atomic E-state index is 12.2. The summed E-state index contributed by atoms with van der Waals surface area (Å²) in [6.45, 7) is 3.61. The molecular weight excluding hydrogens is 284 g/mol. The van der Waals surface area contributed by atoms with Crippen molar-refractivity contribution in [3.8, 4) is 0 Å². The smallest absolute Gasteiger partial charge is 0.233 e. The maximum atomic E-state index is 12.2. The van der Waals surface area contributed by atoms with Gasteiger partial charge in [-0.3, -0.25) is 4.72 Å². The average molecular weight is 303 g/mol. The van der Waals surface area contributed by atoms with E-state index in [0.717, 1.165) is 31.5 Å². The largest absolute Gasteiger partial charge is 0.317 e. The summed E-state index contributed by atoms with van der Waals surface area (Å²) in [4.78, 5) is 0. The van der Waals surface area contributed by atoms with E-state index in [2.05, 4.69) is 10.0 Å². The molecule has 4 nitrogen and oxygen atoms in total. The quantitative estimate of drug-likeness (QED) is 0.898. The van der Waals surface area contributed by atoms with E-state index in [0.29, 0.717) is 10.7 Å². The van der Waals surface area contributed by atoms with Gasteiger partial charge in [0, 0.05) is 5.02 Å². The summed E-state index contributed by atoms with van der Waals surface area (Å²) in [5, 5.41) is 3.81. The molecule has 2 N–H and O–H groups in total. The fraction of sp³-hybridized carbons (Fsp3) is 0.538. The van der Waals surface area contributed by atoms with E-state index in [4.69, 9.17) is 11.6 Å². The van der Waals surface area contributed by atoms with Crippen molar-refractivity contribution in [2.75, 3.05) is 23.6 Å². The third-order valence-electron chi connectivity index (χ3n) is 3.45. The minimum atomic E-state index is -3.31. The van der Waals surface area contributed by atoms with Crippen molar-refractivity contribution in [1.82, 2.24) is 5.32 Å². The standard InChI is InChI=1S/C13H19ClN2O2S/c1-10-12(14)3-2-4-13(10)16-19(17,18)9-11-5-7-15-8-6-11/h2-4,11,15-16H,5-9H2,1H3. The van der Waals surface area contributed by atoms with Gasteiger partial charge in [0.1, 0.15) is 0 Å². The zero-order chi connectivity index (χ0) is 13.9. The Bertz CT molecular complexity index is 540. The first-order valence-corrected chi connectivity index (χ1v) is 8.47. The maximum Gasteiger partial charge on any atom is 0.233 e. The molecule has 19 heavy (non-hydrogen) atoms. The van der Waals surface area contributed by atoms with Crippen molar-refractivity contribution >= 4 is 27.3 Å². The van der Waals surface area contributed by atoms with E-state index in [-0.39, 0.29) is 11.7 Å². The minimum Gasteiger partial charge on any atom is -0.317 e. The lowest BCUT2D eigenvalue weighted by molar-refractivity contribution is 0.402. The second-order valence-corrected chi connectivity index (χ2v) is 7.16. The highest BCUT2D eigenvalue weighted by Crippen LogP contribution is 2.24. The molecule has 1 aliphatic heterocycles. The predicted octanol–water partition coefficient (Wildman–Crippen LogP) is 2.39. The summed E-state index contributed by atoms with van der Waals surface area (Å²) < 4.78 is 27.0. The molecule has 0 radical (unpaired) electrons. The van der Waals surface area contributed by atoms with Crippen molar-refractivity contribution in [2.24, 2.45) is 5.92 Å². The monoisotopic (exact) mass is 302 g/mol. The third kappa shape index (κ3) is 4.09. The third-order valence-corrected chi connectivity index (χ3v) is 5.30. The number of rotatable bonds is 4. The Morgan fingerprint density at radius 1 is 1.37 bits per heavy atom. The summed E-state index contributed by atoms with van der Waals surface area (Å²) in [5.74, 6) is 0.416. The molecule has 106 valence electrons. The zero-order valence-corrected chi connectivity index (χ0v) is 12.5. The normalized spacial score (nSPS) is 17.4. The first kappa shape index (κ1) is 14.6. The Morgan fingerprint density at radius 3 is 2.74 bits per heavy atom. The van der Waals surface area contributed by atoms with Crippen molar-refractivity contribution in [3.05, 3.63) is 28.8 Å². The Kier molecular flexibility index (Phi) is 4.71. The molecule has 1 fully saturated rings. The number of halogens is 1. The molecule has 0 amide bonds. The predicted molar refractivity (Wildman–Crippen MR) is 79.2 cm³/mol. The molecule has 1 aromatic carbocycles. The van der Waals surface area contributed by atoms with E-state index < -0.39 is 10.0 Å². The topological polar surface area (TPSA) is 58.2 Å². The van der Waals surface area contributed by atoms with Crippen molar-refractivity contribution in [1.29, 1.82) is 0 Å². The Morgan fingerprint density at radius 2 is 2.05 bits per heavy atom. The fourth-order valence-corrected chi connectivity index (χ4v) is 4.05. The molecule has 2 rings (SSSR count). The zero-order valence-electron chi connectivity index (χ0n) is 10.9. The fourth-order valence-electron chi connectivity index (χ4n) is 2.29. The lowest BCUT2D eigenvalue weighted by Crippen LogP contribution is -2.33. The van der Waals surface area contributed by atoms with Crippen LogP contribution in [0.3, 0.4) is 0 Å². The molecule has 1 aliphatic rings. The second-order valence-electron chi connectivity index (χ2n) is 4.99. The molecule has 0 bridgehead atoms. The van der Waals surface area contributed by atoms with Crippen molar-refractivity contribution < 1.29 is 8.42 Å². The van der Waals surface area contributed by atoms with Crippen LogP contribution < -0.4 is 10.0 Å². The lowest BCUT2D eigenvalue weighted by Gasteiger charge is -2.22. The second kappa shape index (κ2) is 6.11. The number of piperidine rings is 1. The lowest BCUT2D eigenvalue weighted by atomic mass is 10.0. The summed E-state index contributed by atoms with van der Waals surface area (Å²) in [7, 11) is -3.31. The first-order chi connectivity index (χ1) is 8.98. The van der Waals surface area contributed by atoms with Gasteiger partial charge in [-0.25, -0.2) is 8.42 Å².